The number of halogens is 1. The lowest BCUT2D eigenvalue weighted by Crippen LogP contribution is -2.30. The second-order valence-corrected chi connectivity index (χ2v) is 5.44. The normalized spacial score (nSPS) is 20.5. The van der Waals surface area contributed by atoms with Crippen LogP contribution in [0.25, 0.3) is 0 Å². The second-order valence-electron chi connectivity index (χ2n) is 5.44. The fourth-order valence-electron chi connectivity index (χ4n) is 2.68. The largest absolute Gasteiger partial charge is 0.376 e. The average molecular weight is 266 g/mol. The zero-order chi connectivity index (χ0) is 13.8. The maximum atomic E-state index is 14.1. The zero-order valence-electron chi connectivity index (χ0n) is 11.7. The summed E-state index contributed by atoms with van der Waals surface area (Å²) >= 11 is 0. The summed E-state index contributed by atoms with van der Waals surface area (Å²) in [6.45, 7) is 3.49. The number of nitrogens with two attached hydrogens (primary N) is 1. The molecule has 1 heterocycles. The molecule has 1 fully saturated rings. The molecule has 2 atom stereocenters. The Morgan fingerprint density at radius 1 is 1.53 bits per heavy atom. The molecule has 0 amide bonds. The van der Waals surface area contributed by atoms with E-state index in [4.69, 9.17) is 10.5 Å². The van der Waals surface area contributed by atoms with Crippen LogP contribution in [-0.2, 0) is 11.2 Å². The molecule has 1 aromatic rings. The molecule has 106 valence electrons. The van der Waals surface area contributed by atoms with Gasteiger partial charge in [-0.2, -0.15) is 0 Å². The molecule has 2 N–H and O–H groups in total. The standard InChI is InChI=1S/C15H23FN2O/c1-11(17)9-12-5-3-7-14(16)15(12)18(2)10-13-6-4-8-19-13/h3,5,7,11,13H,4,6,8-10,17H2,1-2H3. The molecular formula is C15H23FN2O. The molecule has 2 unspecified atom stereocenters. The molecule has 0 saturated carbocycles. The number of hydrogen-bond acceptors (Lipinski definition) is 3. The van der Waals surface area contributed by atoms with Gasteiger partial charge in [-0.15, -0.1) is 0 Å². The summed E-state index contributed by atoms with van der Waals surface area (Å²) in [7, 11) is 1.92. The van der Waals surface area contributed by atoms with E-state index in [1.807, 2.05) is 24.9 Å². The summed E-state index contributed by atoms with van der Waals surface area (Å²) in [6.07, 6.45) is 3.06. The van der Waals surface area contributed by atoms with Crippen LogP contribution in [-0.4, -0.2) is 32.3 Å². The smallest absolute Gasteiger partial charge is 0.146 e. The van der Waals surface area contributed by atoms with E-state index >= 15 is 0 Å². The van der Waals surface area contributed by atoms with E-state index < -0.39 is 0 Å². The maximum absolute atomic E-state index is 14.1. The van der Waals surface area contributed by atoms with E-state index in [0.29, 0.717) is 12.1 Å². The molecule has 4 heteroatoms. The van der Waals surface area contributed by atoms with E-state index in [2.05, 4.69) is 0 Å². The van der Waals surface area contributed by atoms with Crippen LogP contribution in [0.4, 0.5) is 10.1 Å². The average Bonchev–Trinajstić information content (AvgIpc) is 2.80. The van der Waals surface area contributed by atoms with Gasteiger partial charge < -0.3 is 15.4 Å². The number of ether oxygens (including phenoxy) is 1. The Morgan fingerprint density at radius 3 is 2.95 bits per heavy atom. The Morgan fingerprint density at radius 2 is 2.32 bits per heavy atom. The van der Waals surface area contributed by atoms with E-state index in [9.17, 15) is 4.39 Å². The van der Waals surface area contributed by atoms with Crippen LogP contribution < -0.4 is 10.6 Å². The minimum atomic E-state index is -0.182. The first-order valence-corrected chi connectivity index (χ1v) is 6.93. The minimum Gasteiger partial charge on any atom is -0.376 e. The van der Waals surface area contributed by atoms with Crippen molar-refractivity contribution in [1.29, 1.82) is 0 Å². The molecule has 0 spiro atoms. The van der Waals surface area contributed by atoms with Gasteiger partial charge >= 0.3 is 0 Å². The summed E-state index contributed by atoms with van der Waals surface area (Å²) in [5.74, 6) is -0.182. The maximum Gasteiger partial charge on any atom is 0.146 e. The summed E-state index contributed by atoms with van der Waals surface area (Å²) in [6, 6.07) is 5.23. The second kappa shape index (κ2) is 6.35. The van der Waals surface area contributed by atoms with Crippen LogP contribution in [0.1, 0.15) is 25.3 Å². The molecule has 0 radical (unpaired) electrons. The van der Waals surface area contributed by atoms with Crippen molar-refractivity contribution in [3.63, 3.8) is 0 Å². The van der Waals surface area contributed by atoms with Crippen molar-refractivity contribution in [1.82, 2.24) is 0 Å². The van der Waals surface area contributed by atoms with Gasteiger partial charge in [0.25, 0.3) is 0 Å². The van der Waals surface area contributed by atoms with Gasteiger partial charge in [0, 0.05) is 26.2 Å². The van der Waals surface area contributed by atoms with Crippen molar-refractivity contribution in [3.8, 4) is 0 Å². The highest BCUT2D eigenvalue weighted by Crippen LogP contribution is 2.26. The van der Waals surface area contributed by atoms with Gasteiger partial charge in [0.1, 0.15) is 5.82 Å². The molecule has 1 aliphatic rings. The van der Waals surface area contributed by atoms with Gasteiger partial charge in [0.15, 0.2) is 0 Å². The molecule has 0 bridgehead atoms. The van der Waals surface area contributed by atoms with Crippen LogP contribution >= 0.6 is 0 Å². The quantitative estimate of drug-likeness (QED) is 0.889. The molecule has 2 rings (SSSR count). The SMILES string of the molecule is CC(N)Cc1cccc(F)c1N(C)CC1CCCO1. The van der Waals surface area contributed by atoms with E-state index in [0.717, 1.165) is 31.6 Å². The predicted molar refractivity (Wildman–Crippen MR) is 76.0 cm³/mol. The summed E-state index contributed by atoms with van der Waals surface area (Å²) < 4.78 is 19.7. The fourth-order valence-corrected chi connectivity index (χ4v) is 2.68. The van der Waals surface area contributed by atoms with Crippen LogP contribution in [0.15, 0.2) is 18.2 Å². The van der Waals surface area contributed by atoms with Crippen LogP contribution in [0.5, 0.6) is 0 Å². The Balaban J connectivity index is 2.16. The molecule has 3 nitrogen and oxygen atoms in total. The van der Waals surface area contributed by atoms with Crippen molar-refractivity contribution >= 4 is 5.69 Å². The first-order valence-electron chi connectivity index (χ1n) is 6.93. The first kappa shape index (κ1) is 14.3. The predicted octanol–water partition coefficient (Wildman–Crippen LogP) is 2.33. The van der Waals surface area contributed by atoms with Gasteiger partial charge in [-0.3, -0.25) is 0 Å². The van der Waals surface area contributed by atoms with Crippen molar-refractivity contribution in [2.45, 2.75) is 38.3 Å². The number of rotatable bonds is 5. The highest BCUT2D eigenvalue weighted by molar-refractivity contribution is 5.54. The number of likely N-dealkylation sites (N-methyl/N-ethyl adjacent to an activating group) is 1. The Kier molecular flexibility index (Phi) is 4.77. The summed E-state index contributed by atoms with van der Waals surface area (Å²) in [4.78, 5) is 1.96. The lowest BCUT2D eigenvalue weighted by Gasteiger charge is -2.26. The first-order chi connectivity index (χ1) is 9.08. The number of anilines is 1. The van der Waals surface area contributed by atoms with Crippen molar-refractivity contribution in [2.75, 3.05) is 25.1 Å². The molecule has 1 aromatic carbocycles. The third-order valence-corrected chi connectivity index (χ3v) is 3.50. The zero-order valence-corrected chi connectivity index (χ0v) is 11.7. The van der Waals surface area contributed by atoms with Crippen LogP contribution in [0, 0.1) is 5.82 Å². The third-order valence-electron chi connectivity index (χ3n) is 3.50. The topological polar surface area (TPSA) is 38.5 Å². The highest BCUT2D eigenvalue weighted by Gasteiger charge is 2.21. The lowest BCUT2D eigenvalue weighted by molar-refractivity contribution is 0.116. The van der Waals surface area contributed by atoms with Gasteiger partial charge in [0.2, 0.25) is 0 Å². The van der Waals surface area contributed by atoms with Gasteiger partial charge in [-0.1, -0.05) is 12.1 Å². The lowest BCUT2D eigenvalue weighted by atomic mass is 10.0. The van der Waals surface area contributed by atoms with Crippen molar-refractivity contribution in [2.24, 2.45) is 5.73 Å². The summed E-state index contributed by atoms with van der Waals surface area (Å²) in [5.41, 5.74) is 7.47. The summed E-state index contributed by atoms with van der Waals surface area (Å²) in [5, 5.41) is 0. The van der Waals surface area contributed by atoms with Gasteiger partial charge in [-0.05, 0) is 37.8 Å². The van der Waals surface area contributed by atoms with Gasteiger partial charge in [0.05, 0.1) is 11.8 Å². The Hall–Kier alpha value is -1.13. The van der Waals surface area contributed by atoms with E-state index in [-0.39, 0.29) is 18.0 Å². The molecule has 0 aliphatic carbocycles. The highest BCUT2D eigenvalue weighted by atomic mass is 19.1. The molecule has 19 heavy (non-hydrogen) atoms. The Labute approximate surface area is 114 Å². The number of benzene rings is 1. The molecular weight excluding hydrogens is 243 g/mol. The van der Waals surface area contributed by atoms with Gasteiger partial charge in [-0.25, -0.2) is 4.39 Å². The van der Waals surface area contributed by atoms with Crippen LogP contribution in [0.3, 0.4) is 0 Å². The van der Waals surface area contributed by atoms with Crippen molar-refractivity contribution in [3.05, 3.63) is 29.6 Å². The van der Waals surface area contributed by atoms with Crippen LogP contribution in [0.2, 0.25) is 0 Å². The number of nitrogens with zero attached hydrogens (tertiary/aromatic N) is 1. The molecule has 1 saturated heterocycles. The number of para-hydroxylation sites is 1. The Bertz CT molecular complexity index is 417. The monoisotopic (exact) mass is 266 g/mol. The van der Waals surface area contributed by atoms with E-state index in [1.165, 1.54) is 6.07 Å². The third kappa shape index (κ3) is 3.67. The van der Waals surface area contributed by atoms with E-state index in [1.54, 1.807) is 6.07 Å². The fraction of sp³-hybridized carbons (Fsp3) is 0.600. The molecule has 0 aromatic heterocycles. The minimum absolute atomic E-state index is 0.0247. The number of hydrogen-bond donors (Lipinski definition) is 1. The molecule has 1 aliphatic heterocycles. The van der Waals surface area contributed by atoms with Crippen molar-refractivity contribution < 1.29 is 9.13 Å².